The number of methoxy groups -OCH3 is 1. The average Bonchev–Trinajstić information content (AvgIpc) is 2.64. The first-order chi connectivity index (χ1) is 11.7. The van der Waals surface area contributed by atoms with E-state index in [2.05, 4.69) is 0 Å². The molecule has 2 aromatic rings. The van der Waals surface area contributed by atoms with Gasteiger partial charge in [0, 0.05) is 18.8 Å². The minimum Gasteiger partial charge on any atom is -0.493 e. The monoisotopic (exact) mass is 322 g/mol. The average molecular weight is 322 g/mol. The van der Waals surface area contributed by atoms with Crippen LogP contribution >= 0.6 is 0 Å². The second-order valence-electron chi connectivity index (χ2n) is 4.92. The van der Waals surface area contributed by atoms with Gasteiger partial charge in [0.25, 0.3) is 5.91 Å². The number of anilines is 1. The number of nitrogens with zero attached hydrogens (tertiary/aromatic N) is 2. The predicted octanol–water partition coefficient (Wildman–Crippen LogP) is 3.27. The molecule has 2 rings (SSSR count). The van der Waals surface area contributed by atoms with E-state index in [1.807, 2.05) is 36.4 Å². The number of benzene rings is 2. The van der Waals surface area contributed by atoms with E-state index in [0.717, 1.165) is 11.3 Å². The Morgan fingerprint density at radius 1 is 1.21 bits per heavy atom. The number of rotatable bonds is 6. The van der Waals surface area contributed by atoms with Gasteiger partial charge in [-0.05, 0) is 35.9 Å². The molecule has 0 aliphatic carbocycles. The van der Waals surface area contributed by atoms with Crippen molar-refractivity contribution in [2.45, 2.75) is 0 Å². The molecule has 0 radical (unpaired) electrons. The molecule has 0 atom stereocenters. The highest BCUT2D eigenvalue weighted by molar-refractivity contribution is 6.03. The zero-order valence-corrected chi connectivity index (χ0v) is 13.6. The van der Waals surface area contributed by atoms with Gasteiger partial charge in [0.05, 0.1) is 7.11 Å². The van der Waals surface area contributed by atoms with E-state index in [9.17, 15) is 4.79 Å². The lowest BCUT2D eigenvalue weighted by molar-refractivity contribution is -0.113. The highest BCUT2D eigenvalue weighted by Crippen LogP contribution is 2.28. The minimum absolute atomic E-state index is 0.0497. The van der Waals surface area contributed by atoms with Crippen LogP contribution in [0.5, 0.6) is 11.5 Å². The molecule has 0 aliphatic heterocycles. The number of amides is 1. The summed E-state index contributed by atoms with van der Waals surface area (Å²) in [5, 5.41) is 8.57. The van der Waals surface area contributed by atoms with E-state index in [-0.39, 0.29) is 12.5 Å². The third-order valence-corrected chi connectivity index (χ3v) is 3.37. The summed E-state index contributed by atoms with van der Waals surface area (Å²) in [6.07, 6.45) is 3.20. The Hall–Kier alpha value is -3.26. The van der Waals surface area contributed by atoms with Crippen molar-refractivity contribution in [2.24, 2.45) is 0 Å². The van der Waals surface area contributed by atoms with Gasteiger partial charge in [-0.2, -0.15) is 5.26 Å². The molecule has 0 saturated heterocycles. The molecule has 1 amide bonds. The van der Waals surface area contributed by atoms with Crippen LogP contribution in [-0.2, 0) is 4.79 Å². The maximum atomic E-state index is 12.2. The summed E-state index contributed by atoms with van der Waals surface area (Å²) in [7, 11) is 3.25. The second-order valence-corrected chi connectivity index (χ2v) is 4.92. The van der Waals surface area contributed by atoms with Crippen LogP contribution in [0.15, 0.2) is 54.6 Å². The van der Waals surface area contributed by atoms with Crippen molar-refractivity contribution >= 4 is 17.7 Å². The van der Waals surface area contributed by atoms with Crippen LogP contribution in [0.2, 0.25) is 0 Å². The molecule has 0 heterocycles. The summed E-state index contributed by atoms with van der Waals surface area (Å²) in [6, 6.07) is 16.6. The first-order valence-corrected chi connectivity index (χ1v) is 7.34. The van der Waals surface area contributed by atoms with E-state index in [1.54, 1.807) is 36.2 Å². The van der Waals surface area contributed by atoms with Crippen LogP contribution in [0, 0.1) is 11.3 Å². The van der Waals surface area contributed by atoms with Crippen LogP contribution in [0.1, 0.15) is 5.56 Å². The Morgan fingerprint density at radius 2 is 1.96 bits per heavy atom. The van der Waals surface area contributed by atoms with Crippen LogP contribution in [0.4, 0.5) is 5.69 Å². The molecule has 2 aromatic carbocycles. The van der Waals surface area contributed by atoms with E-state index in [4.69, 9.17) is 14.7 Å². The van der Waals surface area contributed by atoms with E-state index in [0.29, 0.717) is 11.5 Å². The summed E-state index contributed by atoms with van der Waals surface area (Å²) in [5.74, 6) is 0.866. The quantitative estimate of drug-likeness (QED) is 0.766. The number of nitriles is 1. The number of carbonyl (C=O) groups is 1. The Morgan fingerprint density at radius 3 is 2.62 bits per heavy atom. The molecule has 122 valence electrons. The fourth-order valence-corrected chi connectivity index (χ4v) is 2.08. The number of carbonyl (C=O) groups excluding carboxylic acids is 1. The van der Waals surface area contributed by atoms with Gasteiger partial charge >= 0.3 is 0 Å². The molecule has 0 fully saturated rings. The molecular weight excluding hydrogens is 304 g/mol. The third-order valence-electron chi connectivity index (χ3n) is 3.37. The van der Waals surface area contributed by atoms with Crippen LogP contribution in [0.3, 0.4) is 0 Å². The standard InChI is InChI=1S/C19H18N2O3/c1-21(16-6-4-3-5-7-16)19(22)11-9-15-8-10-17(24-13-12-20)18(14-15)23-2/h3-11,14H,13H2,1-2H3/b11-9+. The molecule has 0 spiro atoms. The van der Waals surface area contributed by atoms with Gasteiger partial charge in [-0.15, -0.1) is 0 Å². The SMILES string of the molecule is COc1cc(/C=C/C(=O)N(C)c2ccccc2)ccc1OCC#N. The lowest BCUT2D eigenvalue weighted by Crippen LogP contribution is -2.23. The third kappa shape index (κ3) is 4.37. The number of ether oxygens (including phenoxy) is 2. The number of para-hydroxylation sites is 1. The summed E-state index contributed by atoms with van der Waals surface area (Å²) in [6.45, 7) is -0.0497. The Balaban J connectivity index is 2.11. The molecule has 0 bridgehead atoms. The first-order valence-electron chi connectivity index (χ1n) is 7.34. The first kappa shape index (κ1) is 17.1. The molecular formula is C19H18N2O3. The molecule has 0 N–H and O–H groups in total. The van der Waals surface area contributed by atoms with Gasteiger partial charge in [0.1, 0.15) is 6.07 Å². The van der Waals surface area contributed by atoms with Crippen molar-refractivity contribution in [1.82, 2.24) is 0 Å². The molecule has 24 heavy (non-hydrogen) atoms. The molecule has 5 nitrogen and oxygen atoms in total. The Kier molecular flexibility index (Phi) is 5.98. The van der Waals surface area contributed by atoms with Crippen molar-refractivity contribution in [3.05, 3.63) is 60.2 Å². The largest absolute Gasteiger partial charge is 0.493 e. The smallest absolute Gasteiger partial charge is 0.250 e. The predicted molar refractivity (Wildman–Crippen MR) is 93.0 cm³/mol. The zero-order valence-electron chi connectivity index (χ0n) is 13.6. The van der Waals surface area contributed by atoms with Crippen LogP contribution in [0.25, 0.3) is 6.08 Å². The number of hydrogen-bond acceptors (Lipinski definition) is 4. The highest BCUT2D eigenvalue weighted by Gasteiger charge is 2.08. The van der Waals surface area contributed by atoms with Crippen molar-refractivity contribution in [3.8, 4) is 17.6 Å². The van der Waals surface area contributed by atoms with Crippen molar-refractivity contribution in [2.75, 3.05) is 25.7 Å². The fraction of sp³-hybridized carbons (Fsp3) is 0.158. The number of likely N-dealkylation sites (N-methyl/N-ethyl adjacent to an activating group) is 1. The maximum Gasteiger partial charge on any atom is 0.250 e. The van der Waals surface area contributed by atoms with Gasteiger partial charge < -0.3 is 14.4 Å². The lowest BCUT2D eigenvalue weighted by Gasteiger charge is -2.14. The van der Waals surface area contributed by atoms with E-state index in [1.165, 1.54) is 13.2 Å². The lowest BCUT2D eigenvalue weighted by atomic mass is 10.2. The fourth-order valence-electron chi connectivity index (χ4n) is 2.08. The topological polar surface area (TPSA) is 62.6 Å². The normalized spacial score (nSPS) is 10.2. The summed E-state index contributed by atoms with van der Waals surface area (Å²) in [5.41, 5.74) is 1.62. The Labute approximate surface area is 141 Å². The molecule has 0 aromatic heterocycles. The molecule has 0 aliphatic rings. The van der Waals surface area contributed by atoms with Crippen molar-refractivity contribution in [1.29, 1.82) is 5.26 Å². The molecule has 0 saturated carbocycles. The van der Waals surface area contributed by atoms with Gasteiger partial charge in [-0.3, -0.25) is 4.79 Å². The van der Waals surface area contributed by atoms with E-state index < -0.39 is 0 Å². The molecule has 0 unspecified atom stereocenters. The maximum absolute atomic E-state index is 12.2. The minimum atomic E-state index is -0.134. The number of hydrogen-bond donors (Lipinski definition) is 0. The van der Waals surface area contributed by atoms with Gasteiger partial charge in [-0.1, -0.05) is 24.3 Å². The van der Waals surface area contributed by atoms with Gasteiger partial charge in [-0.25, -0.2) is 0 Å². The summed E-state index contributed by atoms with van der Waals surface area (Å²) in [4.78, 5) is 13.8. The zero-order chi connectivity index (χ0) is 17.4. The highest BCUT2D eigenvalue weighted by atomic mass is 16.5. The van der Waals surface area contributed by atoms with Crippen LogP contribution in [-0.4, -0.2) is 26.7 Å². The second kappa shape index (κ2) is 8.39. The van der Waals surface area contributed by atoms with Crippen LogP contribution < -0.4 is 14.4 Å². The van der Waals surface area contributed by atoms with Crippen molar-refractivity contribution in [3.63, 3.8) is 0 Å². The summed E-state index contributed by atoms with van der Waals surface area (Å²) < 4.78 is 10.5. The molecule has 5 heteroatoms. The van der Waals surface area contributed by atoms with Crippen molar-refractivity contribution < 1.29 is 14.3 Å². The summed E-state index contributed by atoms with van der Waals surface area (Å²) >= 11 is 0. The van der Waals surface area contributed by atoms with Gasteiger partial charge in [0.15, 0.2) is 18.1 Å². The Bertz CT molecular complexity index is 764. The van der Waals surface area contributed by atoms with E-state index >= 15 is 0 Å². The van der Waals surface area contributed by atoms with Gasteiger partial charge in [0.2, 0.25) is 0 Å².